The van der Waals surface area contributed by atoms with Crippen molar-refractivity contribution < 1.29 is 4.79 Å². The summed E-state index contributed by atoms with van der Waals surface area (Å²) in [6, 6.07) is 6.90. The fraction of sp³-hybridized carbons (Fsp3) is 0.417. The molecule has 0 radical (unpaired) electrons. The molecule has 0 saturated carbocycles. The molecule has 0 fully saturated rings. The van der Waals surface area contributed by atoms with Gasteiger partial charge in [-0.3, -0.25) is 4.79 Å². The van der Waals surface area contributed by atoms with Crippen molar-refractivity contribution in [2.75, 3.05) is 0 Å². The molecule has 1 rings (SSSR count). The van der Waals surface area contributed by atoms with Gasteiger partial charge in [0.2, 0.25) is 5.91 Å². The molecule has 0 bridgehead atoms. The van der Waals surface area contributed by atoms with Crippen molar-refractivity contribution in [2.45, 2.75) is 32.4 Å². The molecule has 0 aliphatic carbocycles. The van der Waals surface area contributed by atoms with Gasteiger partial charge in [0.05, 0.1) is 12.1 Å². The van der Waals surface area contributed by atoms with Crippen LogP contribution in [0.3, 0.4) is 0 Å². The number of carbonyl (C=O) groups excluding carboxylic acids is 1. The van der Waals surface area contributed by atoms with Gasteiger partial charge in [-0.1, -0.05) is 30.7 Å². The van der Waals surface area contributed by atoms with Gasteiger partial charge in [-0.15, -0.1) is 0 Å². The van der Waals surface area contributed by atoms with Gasteiger partial charge in [0.1, 0.15) is 0 Å². The van der Waals surface area contributed by atoms with Crippen LogP contribution in [0.1, 0.15) is 31.9 Å². The van der Waals surface area contributed by atoms with Gasteiger partial charge in [-0.05, 0) is 31.0 Å². The van der Waals surface area contributed by atoms with E-state index in [1.54, 1.807) is 6.07 Å². The zero-order valence-corrected chi connectivity index (χ0v) is 10.3. The maximum absolute atomic E-state index is 11.6. The van der Waals surface area contributed by atoms with Gasteiger partial charge < -0.3 is 11.1 Å². The zero-order valence-electron chi connectivity index (χ0n) is 9.53. The van der Waals surface area contributed by atoms with Crippen LogP contribution >= 0.6 is 11.6 Å². The first-order chi connectivity index (χ1) is 7.54. The minimum atomic E-state index is -0.443. The largest absolute Gasteiger partial charge is 0.348 e. The number of rotatable bonds is 4. The summed E-state index contributed by atoms with van der Waals surface area (Å²) in [7, 11) is 0. The van der Waals surface area contributed by atoms with E-state index >= 15 is 0 Å². The monoisotopic (exact) mass is 240 g/mol. The molecule has 2 atom stereocenters. The van der Waals surface area contributed by atoms with E-state index in [1.165, 1.54) is 0 Å². The summed E-state index contributed by atoms with van der Waals surface area (Å²) >= 11 is 5.88. The van der Waals surface area contributed by atoms with Crippen molar-refractivity contribution in [3.05, 3.63) is 34.9 Å². The molecule has 1 amide bonds. The number of nitrogens with one attached hydrogen (secondary N) is 1. The fourth-order valence-electron chi connectivity index (χ4n) is 1.37. The molecule has 16 heavy (non-hydrogen) atoms. The summed E-state index contributed by atoms with van der Waals surface area (Å²) in [5.41, 5.74) is 6.61. The molecule has 1 unspecified atom stereocenters. The Labute approximate surface area is 101 Å². The summed E-state index contributed by atoms with van der Waals surface area (Å²) in [6.45, 7) is 3.79. The van der Waals surface area contributed by atoms with Crippen LogP contribution < -0.4 is 11.1 Å². The second kappa shape index (κ2) is 5.87. The lowest BCUT2D eigenvalue weighted by molar-refractivity contribution is -0.123. The first kappa shape index (κ1) is 13.0. The van der Waals surface area contributed by atoms with Crippen LogP contribution in [-0.4, -0.2) is 11.9 Å². The Morgan fingerprint density at radius 3 is 2.81 bits per heavy atom. The lowest BCUT2D eigenvalue weighted by Gasteiger charge is -2.17. The van der Waals surface area contributed by atoms with E-state index in [0.717, 1.165) is 5.56 Å². The van der Waals surface area contributed by atoms with E-state index in [-0.39, 0.29) is 11.9 Å². The number of amides is 1. The Bertz CT molecular complexity index is 368. The number of halogens is 1. The van der Waals surface area contributed by atoms with Gasteiger partial charge >= 0.3 is 0 Å². The molecule has 0 heterocycles. The number of hydrogen-bond donors (Lipinski definition) is 2. The normalized spacial score (nSPS) is 14.2. The minimum Gasteiger partial charge on any atom is -0.348 e. The Balaban J connectivity index is 2.65. The Morgan fingerprint density at radius 2 is 2.25 bits per heavy atom. The van der Waals surface area contributed by atoms with E-state index in [9.17, 15) is 4.79 Å². The summed E-state index contributed by atoms with van der Waals surface area (Å²) in [4.78, 5) is 11.6. The standard InChI is InChI=1S/C12H17ClN2O/c1-3-11(14)12(16)15-8(2)9-5-4-6-10(13)7-9/h4-8,11H,3,14H2,1-2H3,(H,15,16)/t8?,11-/m1/s1. The van der Waals surface area contributed by atoms with Crippen molar-refractivity contribution in [3.8, 4) is 0 Å². The number of hydrogen-bond acceptors (Lipinski definition) is 2. The second-order valence-electron chi connectivity index (χ2n) is 3.80. The number of nitrogens with two attached hydrogens (primary N) is 1. The minimum absolute atomic E-state index is 0.0798. The van der Waals surface area contributed by atoms with Crippen LogP contribution in [0.15, 0.2) is 24.3 Å². The highest BCUT2D eigenvalue weighted by Crippen LogP contribution is 2.17. The predicted molar refractivity (Wildman–Crippen MR) is 66.3 cm³/mol. The first-order valence-electron chi connectivity index (χ1n) is 5.36. The first-order valence-corrected chi connectivity index (χ1v) is 5.73. The highest BCUT2D eigenvalue weighted by Gasteiger charge is 2.14. The zero-order chi connectivity index (χ0) is 12.1. The van der Waals surface area contributed by atoms with Crippen molar-refractivity contribution in [1.82, 2.24) is 5.32 Å². The van der Waals surface area contributed by atoms with Crippen LogP contribution in [0.5, 0.6) is 0 Å². The van der Waals surface area contributed by atoms with Crippen LogP contribution in [0.4, 0.5) is 0 Å². The third-order valence-corrected chi connectivity index (χ3v) is 2.72. The smallest absolute Gasteiger partial charge is 0.237 e. The van der Waals surface area contributed by atoms with E-state index < -0.39 is 6.04 Å². The lowest BCUT2D eigenvalue weighted by Crippen LogP contribution is -2.41. The summed E-state index contributed by atoms with van der Waals surface area (Å²) in [5.74, 6) is -0.130. The Morgan fingerprint density at radius 1 is 1.56 bits per heavy atom. The molecule has 3 N–H and O–H groups in total. The third kappa shape index (κ3) is 3.51. The molecule has 3 nitrogen and oxygen atoms in total. The maximum Gasteiger partial charge on any atom is 0.237 e. The third-order valence-electron chi connectivity index (χ3n) is 2.48. The number of carbonyl (C=O) groups is 1. The van der Waals surface area contributed by atoms with Crippen molar-refractivity contribution in [1.29, 1.82) is 0 Å². The maximum atomic E-state index is 11.6. The molecular formula is C12H17ClN2O. The SMILES string of the molecule is CC[C@@H](N)C(=O)NC(C)c1cccc(Cl)c1. The van der Waals surface area contributed by atoms with E-state index in [1.807, 2.05) is 32.0 Å². The molecule has 1 aromatic carbocycles. The molecule has 1 aromatic rings. The summed E-state index contributed by atoms with van der Waals surface area (Å²) in [6.07, 6.45) is 0.633. The second-order valence-corrected chi connectivity index (χ2v) is 4.24. The van der Waals surface area contributed by atoms with Crippen LogP contribution in [0, 0.1) is 0 Å². The van der Waals surface area contributed by atoms with Crippen LogP contribution in [-0.2, 0) is 4.79 Å². The van der Waals surface area contributed by atoms with Gasteiger partial charge in [-0.2, -0.15) is 0 Å². The summed E-state index contributed by atoms with van der Waals surface area (Å²) in [5, 5.41) is 3.52. The molecule has 0 aliphatic heterocycles. The Kier molecular flexibility index (Phi) is 4.77. The molecule has 4 heteroatoms. The highest BCUT2D eigenvalue weighted by atomic mass is 35.5. The average molecular weight is 241 g/mol. The van der Waals surface area contributed by atoms with Gasteiger partial charge in [0.25, 0.3) is 0 Å². The van der Waals surface area contributed by atoms with Crippen LogP contribution in [0.2, 0.25) is 5.02 Å². The lowest BCUT2D eigenvalue weighted by atomic mass is 10.1. The number of benzene rings is 1. The molecule has 0 saturated heterocycles. The predicted octanol–water partition coefficient (Wildman–Crippen LogP) is 2.25. The van der Waals surface area contributed by atoms with Crippen molar-refractivity contribution >= 4 is 17.5 Å². The quantitative estimate of drug-likeness (QED) is 0.848. The van der Waals surface area contributed by atoms with Gasteiger partial charge in [-0.25, -0.2) is 0 Å². The van der Waals surface area contributed by atoms with Crippen LogP contribution in [0.25, 0.3) is 0 Å². The summed E-state index contributed by atoms with van der Waals surface area (Å²) < 4.78 is 0. The van der Waals surface area contributed by atoms with Crippen molar-refractivity contribution in [2.24, 2.45) is 5.73 Å². The molecule has 0 spiro atoms. The average Bonchev–Trinajstić information content (AvgIpc) is 2.27. The van der Waals surface area contributed by atoms with E-state index in [0.29, 0.717) is 11.4 Å². The molecule has 88 valence electrons. The molecule has 0 aliphatic rings. The molecule has 0 aromatic heterocycles. The van der Waals surface area contributed by atoms with Gasteiger partial charge in [0.15, 0.2) is 0 Å². The molecular weight excluding hydrogens is 224 g/mol. The topological polar surface area (TPSA) is 55.1 Å². The van der Waals surface area contributed by atoms with E-state index in [2.05, 4.69) is 5.32 Å². The fourth-order valence-corrected chi connectivity index (χ4v) is 1.56. The van der Waals surface area contributed by atoms with E-state index in [4.69, 9.17) is 17.3 Å². The van der Waals surface area contributed by atoms with Gasteiger partial charge in [0, 0.05) is 5.02 Å². The van der Waals surface area contributed by atoms with Crippen molar-refractivity contribution in [3.63, 3.8) is 0 Å². The Hall–Kier alpha value is -1.06. The highest BCUT2D eigenvalue weighted by molar-refractivity contribution is 6.30.